The average Bonchev–Trinajstić information content (AvgIpc) is 2.54. The second-order valence-electron chi connectivity index (χ2n) is 5.69. The molecule has 5 heteroatoms. The maximum Gasteiger partial charge on any atom is 0.145 e. The lowest BCUT2D eigenvalue weighted by Crippen LogP contribution is -2.47. The van der Waals surface area contributed by atoms with Crippen molar-refractivity contribution in [3.8, 4) is 5.75 Å². The molecular weight excluding hydrogens is 278 g/mol. The predicted octanol–water partition coefficient (Wildman–Crippen LogP) is 1.67. The van der Waals surface area contributed by atoms with Crippen LogP contribution in [0.25, 0.3) is 10.9 Å². The minimum Gasteiger partial charge on any atom is -0.494 e. The summed E-state index contributed by atoms with van der Waals surface area (Å²) in [6.07, 6.45) is 0. The number of ether oxygens (including phenoxy) is 1. The maximum atomic E-state index is 9.06. The van der Waals surface area contributed by atoms with Crippen molar-refractivity contribution >= 4 is 16.6 Å². The van der Waals surface area contributed by atoms with Crippen LogP contribution >= 0.6 is 0 Å². The molecule has 1 saturated heterocycles. The van der Waals surface area contributed by atoms with Crippen molar-refractivity contribution in [2.24, 2.45) is 0 Å². The van der Waals surface area contributed by atoms with Gasteiger partial charge in [0.05, 0.1) is 13.7 Å². The second-order valence-corrected chi connectivity index (χ2v) is 5.69. The summed E-state index contributed by atoms with van der Waals surface area (Å²) < 4.78 is 5.46. The van der Waals surface area contributed by atoms with E-state index in [1.807, 2.05) is 19.1 Å². The molecule has 0 unspecified atom stereocenters. The number of hydrogen-bond donors (Lipinski definition) is 1. The summed E-state index contributed by atoms with van der Waals surface area (Å²) in [4.78, 5) is 9.36. The van der Waals surface area contributed by atoms with Crippen LogP contribution < -0.4 is 9.64 Å². The van der Waals surface area contributed by atoms with Gasteiger partial charge in [0.1, 0.15) is 11.3 Å². The SMILES string of the molecule is COc1cccc2c(N3CCN(CCO)CC3)cc(C)nc12. The average molecular weight is 301 g/mol. The lowest BCUT2D eigenvalue weighted by atomic mass is 10.1. The number of fused-ring (bicyclic) bond motifs is 1. The van der Waals surface area contributed by atoms with E-state index in [4.69, 9.17) is 9.84 Å². The Kier molecular flexibility index (Phi) is 4.45. The Morgan fingerprint density at radius 1 is 1.23 bits per heavy atom. The van der Waals surface area contributed by atoms with E-state index in [-0.39, 0.29) is 6.61 Å². The number of aromatic nitrogens is 1. The maximum absolute atomic E-state index is 9.06. The number of benzene rings is 1. The number of piperazine rings is 1. The molecule has 2 heterocycles. The van der Waals surface area contributed by atoms with Crippen molar-refractivity contribution < 1.29 is 9.84 Å². The first kappa shape index (κ1) is 15.1. The van der Waals surface area contributed by atoms with E-state index in [0.717, 1.165) is 55.1 Å². The summed E-state index contributed by atoms with van der Waals surface area (Å²) >= 11 is 0. The second kappa shape index (κ2) is 6.50. The van der Waals surface area contributed by atoms with Crippen LogP contribution in [-0.4, -0.2) is 61.4 Å². The van der Waals surface area contributed by atoms with Gasteiger partial charge in [-0.2, -0.15) is 0 Å². The first-order chi connectivity index (χ1) is 10.7. The number of aliphatic hydroxyl groups is 1. The van der Waals surface area contributed by atoms with Gasteiger partial charge in [0.2, 0.25) is 0 Å². The predicted molar refractivity (Wildman–Crippen MR) is 88.8 cm³/mol. The van der Waals surface area contributed by atoms with Crippen molar-refractivity contribution in [2.45, 2.75) is 6.92 Å². The number of aryl methyl sites for hydroxylation is 1. The zero-order chi connectivity index (χ0) is 15.5. The minimum atomic E-state index is 0.231. The molecule has 0 aliphatic carbocycles. The van der Waals surface area contributed by atoms with Crippen molar-refractivity contribution in [3.05, 3.63) is 30.0 Å². The van der Waals surface area contributed by atoms with Crippen LogP contribution in [0.3, 0.4) is 0 Å². The van der Waals surface area contributed by atoms with Crippen LogP contribution in [0, 0.1) is 6.92 Å². The fourth-order valence-electron chi connectivity index (χ4n) is 3.11. The smallest absolute Gasteiger partial charge is 0.145 e. The van der Waals surface area contributed by atoms with E-state index in [2.05, 4.69) is 26.9 Å². The van der Waals surface area contributed by atoms with Crippen LogP contribution in [0.1, 0.15) is 5.69 Å². The summed E-state index contributed by atoms with van der Waals surface area (Å²) in [5, 5.41) is 10.2. The molecule has 1 N–H and O–H groups in total. The van der Waals surface area contributed by atoms with Crippen LogP contribution in [0.5, 0.6) is 5.75 Å². The fraction of sp³-hybridized carbons (Fsp3) is 0.471. The number of methoxy groups -OCH3 is 1. The van der Waals surface area contributed by atoms with E-state index in [9.17, 15) is 0 Å². The highest BCUT2D eigenvalue weighted by molar-refractivity contribution is 5.95. The third kappa shape index (κ3) is 2.87. The highest BCUT2D eigenvalue weighted by Gasteiger charge is 2.19. The van der Waals surface area contributed by atoms with Crippen LogP contribution in [-0.2, 0) is 0 Å². The number of pyridine rings is 1. The van der Waals surface area contributed by atoms with Gasteiger partial charge in [-0.15, -0.1) is 0 Å². The monoisotopic (exact) mass is 301 g/mol. The zero-order valence-corrected chi connectivity index (χ0v) is 13.2. The van der Waals surface area contributed by atoms with E-state index in [1.165, 1.54) is 5.69 Å². The van der Waals surface area contributed by atoms with Crippen LogP contribution in [0.2, 0.25) is 0 Å². The zero-order valence-electron chi connectivity index (χ0n) is 13.2. The van der Waals surface area contributed by atoms with E-state index in [0.29, 0.717) is 0 Å². The molecule has 0 spiro atoms. The van der Waals surface area contributed by atoms with E-state index >= 15 is 0 Å². The Labute approximate surface area is 131 Å². The standard InChI is InChI=1S/C17H23N3O2/c1-13-12-15(20-8-6-19(7-9-20)10-11-21)14-4-3-5-16(22-2)17(14)18-13/h3-5,12,21H,6-11H2,1-2H3. The topological polar surface area (TPSA) is 48.8 Å². The number of anilines is 1. The van der Waals surface area contributed by atoms with Gasteiger partial charge in [-0.25, -0.2) is 4.98 Å². The first-order valence-corrected chi connectivity index (χ1v) is 7.75. The fourth-order valence-corrected chi connectivity index (χ4v) is 3.11. The molecule has 2 aromatic rings. The molecule has 0 bridgehead atoms. The number of β-amino-alcohol motifs (C(OH)–C–C–N with tert-alkyl or cyclic N) is 1. The Balaban J connectivity index is 1.94. The van der Waals surface area contributed by atoms with Crippen molar-refractivity contribution in [2.75, 3.05) is 51.3 Å². The largest absolute Gasteiger partial charge is 0.494 e. The van der Waals surface area contributed by atoms with Crippen molar-refractivity contribution in [3.63, 3.8) is 0 Å². The van der Waals surface area contributed by atoms with Crippen LogP contribution in [0.15, 0.2) is 24.3 Å². The Morgan fingerprint density at radius 2 is 2.00 bits per heavy atom. The number of para-hydroxylation sites is 1. The van der Waals surface area contributed by atoms with Crippen molar-refractivity contribution in [1.29, 1.82) is 0 Å². The summed E-state index contributed by atoms with van der Waals surface area (Å²) in [5.41, 5.74) is 3.16. The van der Waals surface area contributed by atoms with Gasteiger partial charge < -0.3 is 14.7 Å². The highest BCUT2D eigenvalue weighted by atomic mass is 16.5. The van der Waals surface area contributed by atoms with Crippen molar-refractivity contribution in [1.82, 2.24) is 9.88 Å². The Hall–Kier alpha value is -1.85. The molecule has 1 aliphatic heterocycles. The molecule has 118 valence electrons. The van der Waals surface area contributed by atoms with Gasteiger partial charge in [0.25, 0.3) is 0 Å². The molecule has 22 heavy (non-hydrogen) atoms. The molecule has 1 fully saturated rings. The third-order valence-electron chi connectivity index (χ3n) is 4.26. The molecule has 0 atom stereocenters. The lowest BCUT2D eigenvalue weighted by molar-refractivity contribution is 0.189. The molecule has 1 aromatic carbocycles. The van der Waals surface area contributed by atoms with Gasteiger partial charge in [0.15, 0.2) is 0 Å². The lowest BCUT2D eigenvalue weighted by Gasteiger charge is -2.36. The van der Waals surface area contributed by atoms with Gasteiger partial charge in [-0.05, 0) is 19.1 Å². The number of rotatable bonds is 4. The number of hydrogen-bond acceptors (Lipinski definition) is 5. The summed E-state index contributed by atoms with van der Waals surface area (Å²) in [6.45, 7) is 6.91. The molecule has 1 aromatic heterocycles. The first-order valence-electron chi connectivity index (χ1n) is 7.75. The van der Waals surface area contributed by atoms with E-state index < -0.39 is 0 Å². The third-order valence-corrected chi connectivity index (χ3v) is 4.26. The van der Waals surface area contributed by atoms with Gasteiger partial charge in [-0.1, -0.05) is 12.1 Å². The highest BCUT2D eigenvalue weighted by Crippen LogP contribution is 2.32. The number of nitrogens with zero attached hydrogens (tertiary/aromatic N) is 3. The van der Waals surface area contributed by atoms with Gasteiger partial charge in [0, 0.05) is 49.5 Å². The summed E-state index contributed by atoms with van der Waals surface area (Å²) in [6, 6.07) is 8.24. The van der Waals surface area contributed by atoms with Gasteiger partial charge >= 0.3 is 0 Å². The minimum absolute atomic E-state index is 0.231. The van der Waals surface area contributed by atoms with E-state index in [1.54, 1.807) is 7.11 Å². The molecule has 1 aliphatic rings. The normalized spacial score (nSPS) is 16.2. The molecule has 3 rings (SSSR count). The number of aliphatic hydroxyl groups excluding tert-OH is 1. The van der Waals surface area contributed by atoms with Gasteiger partial charge in [-0.3, -0.25) is 4.90 Å². The van der Waals surface area contributed by atoms with Crippen LogP contribution in [0.4, 0.5) is 5.69 Å². The Bertz CT molecular complexity index is 652. The quantitative estimate of drug-likeness (QED) is 0.931. The molecule has 0 saturated carbocycles. The molecular formula is C17H23N3O2. The summed E-state index contributed by atoms with van der Waals surface area (Å²) in [7, 11) is 1.69. The Morgan fingerprint density at radius 3 is 2.68 bits per heavy atom. The summed E-state index contributed by atoms with van der Waals surface area (Å²) in [5.74, 6) is 0.821. The molecule has 5 nitrogen and oxygen atoms in total. The molecule has 0 amide bonds. The molecule has 0 radical (unpaired) electrons.